The van der Waals surface area contributed by atoms with Crippen molar-refractivity contribution in [3.63, 3.8) is 0 Å². The lowest BCUT2D eigenvalue weighted by atomic mass is 10.2. The van der Waals surface area contributed by atoms with Gasteiger partial charge in [0.05, 0.1) is 18.7 Å². The first-order valence-electron chi connectivity index (χ1n) is 6.74. The van der Waals surface area contributed by atoms with Crippen molar-refractivity contribution in [2.75, 3.05) is 6.61 Å². The number of halogens is 2. The topological polar surface area (TPSA) is 46.6 Å². The number of hydrogen-bond acceptors (Lipinski definition) is 4. The zero-order valence-electron chi connectivity index (χ0n) is 12.4. The van der Waals surface area contributed by atoms with Crippen molar-refractivity contribution in [2.24, 2.45) is 0 Å². The number of ether oxygens (including phenoxy) is 1. The van der Waals surface area contributed by atoms with Crippen molar-refractivity contribution < 1.29 is 14.3 Å². The Morgan fingerprint density at radius 3 is 2.32 bits per heavy atom. The molecule has 1 aromatic carbocycles. The second-order valence-electron chi connectivity index (χ2n) is 4.89. The highest BCUT2D eigenvalue weighted by molar-refractivity contribution is 14.1. The van der Waals surface area contributed by atoms with Crippen molar-refractivity contribution in [3.8, 4) is 5.75 Å². The first-order chi connectivity index (χ1) is 10.3. The predicted molar refractivity (Wildman–Crippen MR) is 106 cm³/mol. The molecule has 1 heterocycles. The van der Waals surface area contributed by atoms with Gasteiger partial charge in [0.15, 0.2) is 0 Å². The number of rotatable bonds is 4. The van der Waals surface area contributed by atoms with Crippen LogP contribution in [0, 0.1) is 7.14 Å². The second-order valence-corrected chi connectivity index (χ2v) is 8.21. The quantitative estimate of drug-likeness (QED) is 0.407. The van der Waals surface area contributed by atoms with E-state index in [1.165, 1.54) is 4.90 Å². The minimum Gasteiger partial charge on any atom is -0.492 e. The number of benzene rings is 1. The molecule has 7 heteroatoms. The van der Waals surface area contributed by atoms with Crippen molar-refractivity contribution in [1.82, 2.24) is 4.90 Å². The van der Waals surface area contributed by atoms with E-state index in [2.05, 4.69) is 45.2 Å². The molecule has 1 aromatic rings. The lowest BCUT2D eigenvalue weighted by Gasteiger charge is -2.16. The Balaban J connectivity index is 2.35. The Bertz CT molecular complexity index is 635. The summed E-state index contributed by atoms with van der Waals surface area (Å²) in [7, 11) is 0. The van der Waals surface area contributed by atoms with Gasteiger partial charge in [0, 0.05) is 6.04 Å². The summed E-state index contributed by atoms with van der Waals surface area (Å²) in [5.74, 6) is 0.639. The Hall–Kier alpha value is -0.290. The molecule has 22 heavy (non-hydrogen) atoms. The van der Waals surface area contributed by atoms with E-state index in [4.69, 9.17) is 4.74 Å². The highest BCUT2D eigenvalue weighted by Crippen LogP contribution is 2.35. The van der Waals surface area contributed by atoms with Crippen LogP contribution in [0.5, 0.6) is 5.75 Å². The molecular formula is C15H15I2NO3S. The van der Waals surface area contributed by atoms with Gasteiger partial charge < -0.3 is 4.74 Å². The van der Waals surface area contributed by atoms with Crippen LogP contribution in [0.3, 0.4) is 0 Å². The van der Waals surface area contributed by atoms with Crippen molar-refractivity contribution in [3.05, 3.63) is 29.7 Å². The molecule has 0 bridgehead atoms. The summed E-state index contributed by atoms with van der Waals surface area (Å²) in [6.45, 7) is 6.23. The third-order valence-electron chi connectivity index (χ3n) is 2.95. The number of amides is 2. The summed E-state index contributed by atoms with van der Waals surface area (Å²) in [5, 5.41) is -0.207. The largest absolute Gasteiger partial charge is 0.492 e. The molecule has 2 amide bonds. The molecule has 1 aliphatic rings. The van der Waals surface area contributed by atoms with Gasteiger partial charge in [0.25, 0.3) is 11.1 Å². The SMILES string of the molecule is CCOc1c(I)cc(/C=C2/SC(=O)N(C(C)C)C2=O)cc1I. The maximum Gasteiger partial charge on any atom is 0.293 e. The van der Waals surface area contributed by atoms with Gasteiger partial charge in [0.1, 0.15) is 5.75 Å². The third kappa shape index (κ3) is 3.78. The molecule has 118 valence electrons. The van der Waals surface area contributed by atoms with Gasteiger partial charge in [-0.1, -0.05) is 0 Å². The van der Waals surface area contributed by atoms with Crippen LogP contribution in [0.15, 0.2) is 17.0 Å². The van der Waals surface area contributed by atoms with Crippen molar-refractivity contribution in [2.45, 2.75) is 26.8 Å². The Kier molecular flexibility index (Phi) is 6.17. The van der Waals surface area contributed by atoms with Gasteiger partial charge in [-0.25, -0.2) is 0 Å². The fraction of sp³-hybridized carbons (Fsp3) is 0.333. The number of carbonyl (C=O) groups excluding carboxylic acids is 2. The monoisotopic (exact) mass is 543 g/mol. The van der Waals surface area contributed by atoms with Crippen LogP contribution in [-0.2, 0) is 4.79 Å². The van der Waals surface area contributed by atoms with Gasteiger partial charge in [0.2, 0.25) is 0 Å². The Morgan fingerprint density at radius 2 is 1.86 bits per heavy atom. The summed E-state index contributed by atoms with van der Waals surface area (Å²) in [4.78, 5) is 26.0. The third-order valence-corrected chi connectivity index (χ3v) is 5.43. The number of nitrogens with zero attached hydrogens (tertiary/aromatic N) is 1. The lowest BCUT2D eigenvalue weighted by molar-refractivity contribution is -0.123. The van der Waals surface area contributed by atoms with Crippen LogP contribution in [0.2, 0.25) is 0 Å². The average molecular weight is 543 g/mol. The van der Waals surface area contributed by atoms with E-state index in [9.17, 15) is 9.59 Å². The van der Waals surface area contributed by atoms with Gasteiger partial charge in [-0.3, -0.25) is 14.5 Å². The minimum absolute atomic E-state index is 0.126. The summed E-state index contributed by atoms with van der Waals surface area (Å²) in [6, 6.07) is 3.78. The standard InChI is InChI=1S/C15H15I2NO3S/c1-4-21-13-10(16)5-9(6-11(13)17)7-12-14(19)18(8(2)3)15(20)22-12/h5-8H,4H2,1-3H3/b12-7+. The maximum absolute atomic E-state index is 12.3. The van der Waals surface area contributed by atoms with E-state index < -0.39 is 0 Å². The lowest BCUT2D eigenvalue weighted by Crippen LogP contribution is -2.34. The molecule has 1 aliphatic heterocycles. The van der Waals surface area contributed by atoms with Gasteiger partial charge >= 0.3 is 0 Å². The fourth-order valence-corrected chi connectivity index (χ4v) is 5.11. The van der Waals surface area contributed by atoms with E-state index in [0.717, 1.165) is 30.2 Å². The predicted octanol–water partition coefficient (Wildman–Crippen LogP) is 4.74. The molecule has 0 aromatic heterocycles. The highest BCUT2D eigenvalue weighted by atomic mass is 127. The normalized spacial score (nSPS) is 17.0. The smallest absolute Gasteiger partial charge is 0.293 e. The molecular weight excluding hydrogens is 528 g/mol. The van der Waals surface area contributed by atoms with Crippen LogP contribution >= 0.6 is 56.9 Å². The van der Waals surface area contributed by atoms with Crippen molar-refractivity contribution >= 4 is 74.2 Å². The van der Waals surface area contributed by atoms with E-state index in [-0.39, 0.29) is 17.2 Å². The Morgan fingerprint density at radius 1 is 1.27 bits per heavy atom. The number of imide groups is 1. The molecule has 0 unspecified atom stereocenters. The van der Waals surface area contributed by atoms with Gasteiger partial charge in [-0.15, -0.1) is 0 Å². The van der Waals surface area contributed by atoms with E-state index in [1.54, 1.807) is 6.08 Å². The van der Waals surface area contributed by atoms with Crippen molar-refractivity contribution in [1.29, 1.82) is 0 Å². The van der Waals surface area contributed by atoms with Crippen LogP contribution in [0.4, 0.5) is 4.79 Å². The first-order valence-corrected chi connectivity index (χ1v) is 9.71. The molecule has 0 saturated carbocycles. The van der Waals surface area contributed by atoms with Gasteiger partial charge in [-0.2, -0.15) is 0 Å². The molecule has 0 spiro atoms. The Labute approximate surface area is 161 Å². The zero-order valence-corrected chi connectivity index (χ0v) is 17.5. The molecule has 0 N–H and O–H groups in total. The average Bonchev–Trinajstić information content (AvgIpc) is 2.68. The van der Waals surface area contributed by atoms with Crippen LogP contribution in [0.25, 0.3) is 6.08 Å². The first kappa shape index (κ1) is 18.1. The van der Waals surface area contributed by atoms with Crippen LogP contribution in [-0.4, -0.2) is 28.7 Å². The summed E-state index contributed by atoms with van der Waals surface area (Å²) >= 11 is 5.43. The van der Waals surface area contributed by atoms with E-state index in [0.29, 0.717) is 11.5 Å². The minimum atomic E-state index is -0.219. The fourth-order valence-electron chi connectivity index (χ4n) is 2.02. The molecule has 0 radical (unpaired) electrons. The molecule has 0 aliphatic carbocycles. The summed E-state index contributed by atoms with van der Waals surface area (Å²) in [5.41, 5.74) is 0.895. The molecule has 1 saturated heterocycles. The molecule has 2 rings (SSSR count). The van der Waals surface area contributed by atoms with Crippen LogP contribution in [0.1, 0.15) is 26.3 Å². The zero-order chi connectivity index (χ0) is 16.4. The summed E-state index contributed by atoms with van der Waals surface area (Å²) < 4.78 is 7.58. The van der Waals surface area contributed by atoms with E-state index in [1.807, 2.05) is 32.9 Å². The molecule has 1 fully saturated rings. The molecule has 4 nitrogen and oxygen atoms in total. The second kappa shape index (κ2) is 7.52. The highest BCUT2D eigenvalue weighted by Gasteiger charge is 2.36. The number of hydrogen-bond donors (Lipinski definition) is 0. The number of carbonyl (C=O) groups is 2. The molecule has 0 atom stereocenters. The van der Waals surface area contributed by atoms with Crippen LogP contribution < -0.4 is 4.74 Å². The summed E-state index contributed by atoms with van der Waals surface area (Å²) in [6.07, 6.45) is 1.77. The maximum atomic E-state index is 12.3. The van der Waals surface area contributed by atoms with Gasteiger partial charge in [-0.05, 0) is 101 Å². The number of thioether (sulfide) groups is 1. The van der Waals surface area contributed by atoms with E-state index >= 15 is 0 Å².